The van der Waals surface area contributed by atoms with Gasteiger partial charge in [0.05, 0.1) is 18.2 Å². The molecule has 0 saturated carbocycles. The third-order valence-electron chi connectivity index (χ3n) is 4.35. The lowest BCUT2D eigenvalue weighted by atomic mass is 10.1. The number of carbonyl (C=O) groups excluding carboxylic acids is 1. The molecule has 0 spiro atoms. The maximum Gasteiger partial charge on any atom is 0.255 e. The van der Waals surface area contributed by atoms with Crippen LogP contribution in [0.4, 0.5) is 5.69 Å². The molecule has 4 nitrogen and oxygen atoms in total. The largest absolute Gasteiger partial charge is 0.338 e. The van der Waals surface area contributed by atoms with Gasteiger partial charge in [0.2, 0.25) is 0 Å². The van der Waals surface area contributed by atoms with Crippen LogP contribution in [0.25, 0.3) is 0 Å². The summed E-state index contributed by atoms with van der Waals surface area (Å²) in [6.07, 6.45) is 3.77. The fraction of sp³-hybridized carbons (Fsp3) is 0.100. The fourth-order valence-electron chi connectivity index (χ4n) is 3.23. The van der Waals surface area contributed by atoms with Crippen LogP contribution in [0.2, 0.25) is 0 Å². The molecule has 0 saturated heterocycles. The molecular formula is C20H15N3O. The molecule has 0 N–H and O–H groups in total. The van der Waals surface area contributed by atoms with Gasteiger partial charge in [-0.05, 0) is 35.9 Å². The average Bonchev–Trinajstić information content (AvgIpc) is 3.22. The maximum atomic E-state index is 13.1. The first kappa shape index (κ1) is 14.3. The molecule has 4 rings (SSSR count). The number of rotatable bonds is 3. The van der Waals surface area contributed by atoms with E-state index in [0.29, 0.717) is 12.1 Å². The van der Waals surface area contributed by atoms with Gasteiger partial charge >= 0.3 is 0 Å². The SMILES string of the molecule is N#Cc1ccc2c(c1)C(n1cccc1)C(=O)N2Cc1ccccc1. The Morgan fingerprint density at radius 1 is 1.00 bits per heavy atom. The monoisotopic (exact) mass is 313 g/mol. The highest BCUT2D eigenvalue weighted by atomic mass is 16.2. The number of fused-ring (bicyclic) bond motifs is 1. The van der Waals surface area contributed by atoms with Gasteiger partial charge in [-0.25, -0.2) is 0 Å². The van der Waals surface area contributed by atoms with E-state index in [-0.39, 0.29) is 5.91 Å². The summed E-state index contributed by atoms with van der Waals surface area (Å²) < 4.78 is 1.90. The summed E-state index contributed by atoms with van der Waals surface area (Å²) in [5.74, 6) is 0.0279. The smallest absolute Gasteiger partial charge is 0.255 e. The van der Waals surface area contributed by atoms with Crippen molar-refractivity contribution >= 4 is 11.6 Å². The lowest BCUT2D eigenvalue weighted by Gasteiger charge is -2.18. The Labute approximate surface area is 140 Å². The number of hydrogen-bond acceptors (Lipinski definition) is 2. The van der Waals surface area contributed by atoms with Crippen LogP contribution in [0.15, 0.2) is 73.1 Å². The van der Waals surface area contributed by atoms with Gasteiger partial charge in [0.1, 0.15) is 6.04 Å². The second-order valence-electron chi connectivity index (χ2n) is 5.83. The highest BCUT2D eigenvalue weighted by Crippen LogP contribution is 2.39. The molecule has 24 heavy (non-hydrogen) atoms. The van der Waals surface area contributed by atoms with Gasteiger partial charge in [-0.1, -0.05) is 30.3 Å². The van der Waals surface area contributed by atoms with Crippen LogP contribution in [-0.4, -0.2) is 10.5 Å². The number of anilines is 1. The van der Waals surface area contributed by atoms with E-state index >= 15 is 0 Å². The Balaban J connectivity index is 1.80. The van der Waals surface area contributed by atoms with Crippen molar-refractivity contribution in [2.75, 3.05) is 4.90 Å². The molecule has 1 atom stereocenters. The maximum absolute atomic E-state index is 13.1. The summed E-state index contributed by atoms with van der Waals surface area (Å²) in [5.41, 5.74) is 3.40. The first-order chi connectivity index (χ1) is 11.8. The topological polar surface area (TPSA) is 49.0 Å². The number of carbonyl (C=O) groups is 1. The number of nitriles is 1. The highest BCUT2D eigenvalue weighted by molar-refractivity contribution is 6.05. The summed E-state index contributed by atoms with van der Waals surface area (Å²) in [5, 5.41) is 9.20. The van der Waals surface area contributed by atoms with E-state index in [2.05, 4.69) is 6.07 Å². The van der Waals surface area contributed by atoms with Gasteiger partial charge < -0.3 is 9.47 Å². The predicted molar refractivity (Wildman–Crippen MR) is 91.4 cm³/mol. The van der Waals surface area contributed by atoms with Crippen LogP contribution in [-0.2, 0) is 11.3 Å². The molecule has 2 aromatic carbocycles. The Morgan fingerprint density at radius 3 is 2.46 bits per heavy atom. The number of hydrogen-bond donors (Lipinski definition) is 0. The minimum Gasteiger partial charge on any atom is -0.338 e. The number of aromatic nitrogens is 1. The van der Waals surface area contributed by atoms with Gasteiger partial charge in [0.25, 0.3) is 5.91 Å². The highest BCUT2D eigenvalue weighted by Gasteiger charge is 2.38. The minimum atomic E-state index is -0.410. The predicted octanol–water partition coefficient (Wildman–Crippen LogP) is 3.50. The van der Waals surface area contributed by atoms with E-state index in [1.165, 1.54) is 0 Å². The molecule has 1 aromatic heterocycles. The Bertz CT molecular complexity index is 923. The quantitative estimate of drug-likeness (QED) is 0.743. The van der Waals surface area contributed by atoms with Crippen LogP contribution >= 0.6 is 0 Å². The van der Waals surface area contributed by atoms with Crippen LogP contribution < -0.4 is 4.90 Å². The zero-order chi connectivity index (χ0) is 16.5. The number of nitrogens with zero attached hydrogens (tertiary/aromatic N) is 3. The lowest BCUT2D eigenvalue weighted by Crippen LogP contribution is -2.30. The van der Waals surface area contributed by atoms with Gasteiger partial charge in [-0.2, -0.15) is 5.26 Å². The van der Waals surface area contributed by atoms with E-state index < -0.39 is 6.04 Å². The van der Waals surface area contributed by atoms with Crippen molar-refractivity contribution in [3.63, 3.8) is 0 Å². The molecule has 0 aliphatic carbocycles. The zero-order valence-corrected chi connectivity index (χ0v) is 13.0. The van der Waals surface area contributed by atoms with Crippen molar-refractivity contribution in [2.45, 2.75) is 12.6 Å². The van der Waals surface area contributed by atoms with Crippen molar-refractivity contribution in [3.8, 4) is 6.07 Å². The van der Waals surface area contributed by atoms with Crippen molar-refractivity contribution in [2.24, 2.45) is 0 Å². The molecule has 1 aliphatic rings. The molecule has 1 aliphatic heterocycles. The molecule has 116 valence electrons. The Hall–Kier alpha value is -3.32. The van der Waals surface area contributed by atoms with Gasteiger partial charge in [-0.15, -0.1) is 0 Å². The van der Waals surface area contributed by atoms with Gasteiger partial charge in [-0.3, -0.25) is 4.79 Å². The Morgan fingerprint density at radius 2 is 1.75 bits per heavy atom. The van der Waals surface area contributed by atoms with Crippen LogP contribution in [0.5, 0.6) is 0 Å². The summed E-state index contributed by atoms with van der Waals surface area (Å²) >= 11 is 0. The lowest BCUT2D eigenvalue weighted by molar-refractivity contribution is -0.120. The van der Waals surface area contributed by atoms with Crippen molar-refractivity contribution in [3.05, 3.63) is 89.7 Å². The second kappa shape index (κ2) is 5.71. The summed E-state index contributed by atoms with van der Waals surface area (Å²) in [6, 6.07) is 21.0. The van der Waals surface area contributed by atoms with Crippen molar-refractivity contribution < 1.29 is 4.79 Å². The minimum absolute atomic E-state index is 0.0279. The summed E-state index contributed by atoms with van der Waals surface area (Å²) in [7, 11) is 0. The molecule has 0 fully saturated rings. The summed E-state index contributed by atoms with van der Waals surface area (Å²) in [6.45, 7) is 0.524. The first-order valence-electron chi connectivity index (χ1n) is 7.80. The van der Waals surface area contributed by atoms with E-state index in [9.17, 15) is 10.1 Å². The fourth-order valence-corrected chi connectivity index (χ4v) is 3.23. The van der Waals surface area contributed by atoms with Crippen LogP contribution in [0, 0.1) is 11.3 Å². The third-order valence-corrected chi connectivity index (χ3v) is 4.35. The summed E-state index contributed by atoms with van der Waals surface area (Å²) in [4.78, 5) is 14.9. The molecule has 2 heterocycles. The van der Waals surface area contributed by atoms with Crippen molar-refractivity contribution in [1.82, 2.24) is 4.57 Å². The Kier molecular flexibility index (Phi) is 3.40. The molecule has 0 radical (unpaired) electrons. The molecule has 1 amide bonds. The van der Waals surface area contributed by atoms with Gasteiger partial charge in [0.15, 0.2) is 0 Å². The normalized spacial score (nSPS) is 16.0. The molecule has 4 heteroatoms. The average molecular weight is 313 g/mol. The van der Waals surface area contributed by atoms with E-state index in [4.69, 9.17) is 0 Å². The second-order valence-corrected chi connectivity index (χ2v) is 5.83. The van der Waals surface area contributed by atoms with E-state index in [1.807, 2.05) is 71.6 Å². The molecule has 0 bridgehead atoms. The molecule has 3 aromatic rings. The van der Waals surface area contributed by atoms with Gasteiger partial charge in [0, 0.05) is 23.6 Å². The number of benzene rings is 2. The van der Waals surface area contributed by atoms with Crippen LogP contribution in [0.1, 0.15) is 22.7 Å². The number of amides is 1. The zero-order valence-electron chi connectivity index (χ0n) is 13.0. The molecular weight excluding hydrogens is 298 g/mol. The first-order valence-corrected chi connectivity index (χ1v) is 7.80. The van der Waals surface area contributed by atoms with E-state index in [1.54, 1.807) is 11.0 Å². The molecule has 1 unspecified atom stereocenters. The third kappa shape index (κ3) is 2.27. The van der Waals surface area contributed by atoms with Crippen LogP contribution in [0.3, 0.4) is 0 Å². The standard InChI is InChI=1S/C20H15N3O/c21-13-16-8-9-18-17(12-16)19(22-10-4-5-11-22)20(24)23(18)14-15-6-2-1-3-7-15/h1-12,19H,14H2. The van der Waals surface area contributed by atoms with Crippen molar-refractivity contribution in [1.29, 1.82) is 5.26 Å². The van der Waals surface area contributed by atoms with E-state index in [0.717, 1.165) is 16.8 Å².